The van der Waals surface area contributed by atoms with E-state index in [1.165, 1.54) is 18.6 Å². The monoisotopic (exact) mass is 343 g/mol. The van der Waals surface area contributed by atoms with Gasteiger partial charge < -0.3 is 10.2 Å². The highest BCUT2D eigenvalue weighted by Crippen LogP contribution is 2.33. The van der Waals surface area contributed by atoms with Crippen molar-refractivity contribution >= 4 is 28.2 Å². The highest BCUT2D eigenvalue weighted by atomic mass is 32.1. The van der Waals surface area contributed by atoms with E-state index in [1.807, 2.05) is 13.8 Å². The first kappa shape index (κ1) is 17.6. The summed E-state index contributed by atoms with van der Waals surface area (Å²) in [6, 6.07) is 2.06. The van der Waals surface area contributed by atoms with Crippen LogP contribution in [0.5, 0.6) is 0 Å². The fourth-order valence-corrected chi connectivity index (χ4v) is 3.30. The van der Waals surface area contributed by atoms with Crippen molar-refractivity contribution in [2.75, 3.05) is 18.4 Å². The van der Waals surface area contributed by atoms with Gasteiger partial charge in [-0.3, -0.25) is 14.6 Å². The molecule has 124 valence electrons. The molecule has 0 aliphatic rings. The summed E-state index contributed by atoms with van der Waals surface area (Å²) in [6.45, 7) is 6.66. The first-order valence-electron chi connectivity index (χ1n) is 7.43. The van der Waals surface area contributed by atoms with E-state index < -0.39 is 5.91 Å². The van der Waals surface area contributed by atoms with Crippen LogP contribution in [0.3, 0.4) is 0 Å². The number of hydrogen-bond acceptors (Lipinski definition) is 6. The van der Waals surface area contributed by atoms with E-state index in [0.717, 1.165) is 11.3 Å². The van der Waals surface area contributed by atoms with Gasteiger partial charge in [-0.25, -0.2) is 4.98 Å². The Balaban J connectivity index is 2.35. The van der Waals surface area contributed by atoms with Crippen LogP contribution in [0.15, 0.2) is 18.6 Å². The molecule has 8 heteroatoms. The second-order valence-electron chi connectivity index (χ2n) is 4.89. The van der Waals surface area contributed by atoms with Gasteiger partial charge in [-0.1, -0.05) is 0 Å². The average molecular weight is 343 g/mol. The quantitative estimate of drug-likeness (QED) is 0.899. The minimum Gasteiger partial charge on any atom is -0.338 e. The van der Waals surface area contributed by atoms with E-state index in [1.54, 1.807) is 11.8 Å². The molecule has 7 nitrogen and oxygen atoms in total. The van der Waals surface area contributed by atoms with Crippen molar-refractivity contribution in [3.63, 3.8) is 0 Å². The molecule has 2 amide bonds. The van der Waals surface area contributed by atoms with Gasteiger partial charge in [-0.2, -0.15) is 5.26 Å². The number of nitriles is 1. The van der Waals surface area contributed by atoms with Crippen LogP contribution in [0.4, 0.5) is 5.00 Å². The van der Waals surface area contributed by atoms with E-state index in [0.29, 0.717) is 34.1 Å². The number of aromatic nitrogens is 2. The molecule has 0 spiro atoms. The van der Waals surface area contributed by atoms with Crippen molar-refractivity contribution in [2.24, 2.45) is 0 Å². The van der Waals surface area contributed by atoms with Gasteiger partial charge in [0.25, 0.3) is 11.8 Å². The normalized spacial score (nSPS) is 10.1. The lowest BCUT2D eigenvalue weighted by Crippen LogP contribution is -2.30. The Morgan fingerprint density at radius 3 is 2.58 bits per heavy atom. The molecule has 0 aliphatic heterocycles. The smallest absolute Gasteiger partial charge is 0.276 e. The van der Waals surface area contributed by atoms with Gasteiger partial charge in [0, 0.05) is 25.5 Å². The second-order valence-corrected chi connectivity index (χ2v) is 5.91. The lowest BCUT2D eigenvalue weighted by Gasteiger charge is -2.17. The molecule has 0 fully saturated rings. The van der Waals surface area contributed by atoms with Crippen LogP contribution in [0, 0.1) is 18.3 Å². The minimum absolute atomic E-state index is 0.140. The lowest BCUT2D eigenvalue weighted by atomic mass is 10.1. The molecule has 0 unspecified atom stereocenters. The van der Waals surface area contributed by atoms with Crippen molar-refractivity contribution in [1.29, 1.82) is 5.26 Å². The Hall–Kier alpha value is -2.79. The van der Waals surface area contributed by atoms with Crippen molar-refractivity contribution in [3.05, 3.63) is 40.3 Å². The van der Waals surface area contributed by atoms with Crippen molar-refractivity contribution in [2.45, 2.75) is 20.8 Å². The van der Waals surface area contributed by atoms with E-state index in [-0.39, 0.29) is 11.6 Å². The lowest BCUT2D eigenvalue weighted by molar-refractivity contribution is 0.0777. The molecule has 2 aromatic heterocycles. The highest BCUT2D eigenvalue weighted by Gasteiger charge is 2.24. The van der Waals surface area contributed by atoms with Crippen molar-refractivity contribution in [1.82, 2.24) is 14.9 Å². The summed E-state index contributed by atoms with van der Waals surface area (Å²) in [5, 5.41) is 12.4. The molecule has 1 N–H and O–H groups in total. The molecule has 0 saturated carbocycles. The van der Waals surface area contributed by atoms with Crippen LogP contribution in [0.1, 0.15) is 45.1 Å². The summed E-state index contributed by atoms with van der Waals surface area (Å²) >= 11 is 1.11. The number of carbonyl (C=O) groups excluding carboxylic acids is 2. The molecule has 0 aromatic carbocycles. The maximum atomic E-state index is 12.6. The van der Waals surface area contributed by atoms with Gasteiger partial charge >= 0.3 is 0 Å². The number of carbonyl (C=O) groups is 2. The summed E-state index contributed by atoms with van der Waals surface area (Å²) < 4.78 is 0. The Kier molecular flexibility index (Phi) is 5.60. The standard InChI is InChI=1S/C16H17N5O2S/c1-4-21(5-2)16(23)13-10(3)11(8-17)15(24-13)20-14(22)12-9-18-6-7-19-12/h6-7,9H,4-5H2,1-3H3,(H,20,22). The average Bonchev–Trinajstić information content (AvgIpc) is 2.92. The third-order valence-electron chi connectivity index (χ3n) is 3.53. The largest absolute Gasteiger partial charge is 0.338 e. The number of nitrogens with zero attached hydrogens (tertiary/aromatic N) is 4. The molecule has 0 aliphatic carbocycles. The van der Waals surface area contributed by atoms with Gasteiger partial charge in [-0.15, -0.1) is 11.3 Å². The van der Waals surface area contributed by atoms with Gasteiger partial charge in [0.2, 0.25) is 0 Å². The fourth-order valence-electron chi connectivity index (χ4n) is 2.18. The maximum Gasteiger partial charge on any atom is 0.276 e. The maximum absolute atomic E-state index is 12.6. The van der Waals surface area contributed by atoms with Crippen LogP contribution in [0.25, 0.3) is 0 Å². The van der Waals surface area contributed by atoms with Gasteiger partial charge in [0.1, 0.15) is 16.8 Å². The second kappa shape index (κ2) is 7.66. The summed E-state index contributed by atoms with van der Waals surface area (Å²) in [7, 11) is 0. The van der Waals surface area contributed by atoms with E-state index in [4.69, 9.17) is 0 Å². The van der Waals surface area contributed by atoms with Crippen molar-refractivity contribution < 1.29 is 9.59 Å². The number of thiophene rings is 1. The number of hydrogen-bond donors (Lipinski definition) is 1. The summed E-state index contributed by atoms with van der Waals surface area (Å²) in [6.07, 6.45) is 4.21. The number of amides is 2. The van der Waals surface area contributed by atoms with Crippen LogP contribution in [-0.2, 0) is 0 Å². The number of nitrogens with one attached hydrogen (secondary N) is 1. The van der Waals surface area contributed by atoms with Crippen LogP contribution < -0.4 is 5.32 Å². The van der Waals surface area contributed by atoms with Crippen LogP contribution in [0.2, 0.25) is 0 Å². The number of rotatable bonds is 5. The highest BCUT2D eigenvalue weighted by molar-refractivity contribution is 7.18. The van der Waals surface area contributed by atoms with Crippen LogP contribution in [-0.4, -0.2) is 39.8 Å². The Bertz CT molecular complexity index is 791. The first-order valence-corrected chi connectivity index (χ1v) is 8.25. The third kappa shape index (κ3) is 3.41. The topological polar surface area (TPSA) is 99.0 Å². The third-order valence-corrected chi connectivity index (χ3v) is 4.72. The molecular formula is C16H17N5O2S. The Morgan fingerprint density at radius 2 is 2.04 bits per heavy atom. The van der Waals surface area contributed by atoms with E-state index in [9.17, 15) is 14.9 Å². The van der Waals surface area contributed by atoms with E-state index >= 15 is 0 Å². The van der Waals surface area contributed by atoms with E-state index in [2.05, 4.69) is 21.4 Å². The molecule has 2 rings (SSSR count). The summed E-state index contributed by atoms with van der Waals surface area (Å²) in [5.74, 6) is -0.610. The zero-order valence-corrected chi connectivity index (χ0v) is 14.5. The molecular weight excluding hydrogens is 326 g/mol. The van der Waals surface area contributed by atoms with Gasteiger partial charge in [-0.05, 0) is 26.3 Å². The fraction of sp³-hybridized carbons (Fsp3) is 0.312. The minimum atomic E-state index is -0.470. The number of anilines is 1. The molecule has 0 saturated heterocycles. The zero-order chi connectivity index (χ0) is 17.7. The Morgan fingerprint density at radius 1 is 1.33 bits per heavy atom. The van der Waals surface area contributed by atoms with Gasteiger partial charge in [0.05, 0.1) is 16.6 Å². The van der Waals surface area contributed by atoms with Crippen molar-refractivity contribution in [3.8, 4) is 6.07 Å². The zero-order valence-electron chi connectivity index (χ0n) is 13.7. The molecule has 0 bridgehead atoms. The molecule has 2 heterocycles. The predicted molar refractivity (Wildman–Crippen MR) is 91.0 cm³/mol. The van der Waals surface area contributed by atoms with Gasteiger partial charge in [0.15, 0.2) is 0 Å². The SMILES string of the molecule is CCN(CC)C(=O)c1sc(NC(=O)c2cnccn2)c(C#N)c1C. The first-order chi connectivity index (χ1) is 11.5. The molecule has 0 atom stereocenters. The molecule has 24 heavy (non-hydrogen) atoms. The summed E-state index contributed by atoms with van der Waals surface area (Å²) in [5.41, 5.74) is 1.02. The van der Waals surface area contributed by atoms with Crippen LogP contribution >= 0.6 is 11.3 Å². The molecule has 2 aromatic rings. The Labute approximate surface area is 144 Å². The predicted octanol–water partition coefficient (Wildman–Crippen LogP) is 2.45. The molecule has 0 radical (unpaired) electrons. The summed E-state index contributed by atoms with van der Waals surface area (Å²) in [4.78, 5) is 34.7.